The van der Waals surface area contributed by atoms with Crippen LogP contribution >= 0.6 is 11.8 Å². The number of rotatable bonds is 9. The summed E-state index contributed by atoms with van der Waals surface area (Å²) in [7, 11) is 1.62. The summed E-state index contributed by atoms with van der Waals surface area (Å²) in [5, 5.41) is 12.0. The van der Waals surface area contributed by atoms with Gasteiger partial charge in [0.25, 0.3) is 0 Å². The van der Waals surface area contributed by atoms with Gasteiger partial charge in [0.1, 0.15) is 17.1 Å². The molecule has 2 aromatic carbocycles. The minimum absolute atomic E-state index is 0.106. The van der Waals surface area contributed by atoms with Crippen molar-refractivity contribution in [2.45, 2.75) is 31.2 Å². The Balaban J connectivity index is 1.42. The normalized spacial score (nSPS) is 10.9. The zero-order chi connectivity index (χ0) is 22.3. The first-order chi connectivity index (χ1) is 15.7. The molecule has 1 amide bonds. The van der Waals surface area contributed by atoms with Crippen molar-refractivity contribution in [3.05, 3.63) is 60.4 Å². The minimum Gasteiger partial charge on any atom is -0.497 e. The quantitative estimate of drug-likeness (QED) is 0.301. The Hall–Kier alpha value is -3.46. The summed E-state index contributed by atoms with van der Waals surface area (Å²) in [6, 6.07) is 15.5. The number of methoxy groups -OCH3 is 1. The van der Waals surface area contributed by atoms with Crippen molar-refractivity contribution < 1.29 is 9.53 Å². The number of nitrogens with zero attached hydrogens (tertiary/aromatic N) is 5. The molecule has 0 spiro atoms. The number of ether oxygens (including phenoxy) is 1. The highest BCUT2D eigenvalue weighted by Gasteiger charge is 2.15. The molecule has 4 aromatic rings. The van der Waals surface area contributed by atoms with Crippen LogP contribution < -0.4 is 10.1 Å². The number of amides is 1. The first-order valence-electron chi connectivity index (χ1n) is 10.4. The van der Waals surface area contributed by atoms with Crippen molar-refractivity contribution in [2.75, 3.05) is 18.2 Å². The summed E-state index contributed by atoms with van der Waals surface area (Å²) in [4.78, 5) is 21.1. The average molecular weight is 449 g/mol. The number of hydrogen-bond acceptors (Lipinski definition) is 7. The zero-order valence-electron chi connectivity index (χ0n) is 18.0. The number of hydrogen-bond donors (Lipinski definition) is 1. The van der Waals surface area contributed by atoms with Crippen LogP contribution in [0, 0.1) is 0 Å². The highest BCUT2D eigenvalue weighted by molar-refractivity contribution is 8.00. The third-order valence-electron chi connectivity index (χ3n) is 4.92. The molecule has 8 nitrogen and oxygen atoms in total. The van der Waals surface area contributed by atoms with Crippen LogP contribution in [0.1, 0.15) is 25.3 Å². The smallest absolute Gasteiger partial charge is 0.234 e. The summed E-state index contributed by atoms with van der Waals surface area (Å²) in [6.07, 6.45) is 4.85. The van der Waals surface area contributed by atoms with Gasteiger partial charge in [0.05, 0.1) is 18.6 Å². The van der Waals surface area contributed by atoms with Crippen LogP contribution in [0.15, 0.2) is 59.9 Å². The molecule has 0 unspecified atom stereocenters. The van der Waals surface area contributed by atoms with Gasteiger partial charge >= 0.3 is 0 Å². The van der Waals surface area contributed by atoms with E-state index in [-0.39, 0.29) is 11.7 Å². The molecule has 2 heterocycles. The van der Waals surface area contributed by atoms with Crippen LogP contribution in [-0.4, -0.2) is 43.7 Å². The molecule has 1 N–H and O–H groups in total. The fraction of sp³-hybridized carbons (Fsp3) is 0.261. The first kappa shape index (κ1) is 21.8. The monoisotopic (exact) mass is 448 g/mol. The molecule has 0 radical (unpaired) electrons. The molecule has 0 aliphatic heterocycles. The van der Waals surface area contributed by atoms with E-state index in [1.807, 2.05) is 36.4 Å². The van der Waals surface area contributed by atoms with E-state index in [2.05, 4.69) is 44.7 Å². The second-order valence-corrected chi connectivity index (χ2v) is 8.15. The van der Waals surface area contributed by atoms with Gasteiger partial charge in [-0.1, -0.05) is 42.5 Å². The highest BCUT2D eigenvalue weighted by atomic mass is 32.2. The Morgan fingerprint density at radius 2 is 1.88 bits per heavy atom. The Kier molecular flexibility index (Phi) is 6.96. The summed E-state index contributed by atoms with van der Waals surface area (Å²) in [5.41, 5.74) is 4.01. The number of carbonyl (C=O) groups excluding carboxylic acids is 1. The van der Waals surface area contributed by atoms with Gasteiger partial charge in [-0.2, -0.15) is 4.68 Å². The molecule has 0 aliphatic carbocycles. The SMILES string of the molecule is CCCCc1ccc(NC(=O)CSc2ncnc3c2nnn3-c2ccc(OC)cc2)cc1. The molecule has 32 heavy (non-hydrogen) atoms. The van der Waals surface area contributed by atoms with Crippen LogP contribution in [-0.2, 0) is 11.2 Å². The van der Waals surface area contributed by atoms with Crippen LogP contribution in [0.3, 0.4) is 0 Å². The number of benzene rings is 2. The van der Waals surface area contributed by atoms with Crippen LogP contribution in [0.2, 0.25) is 0 Å². The van der Waals surface area contributed by atoms with E-state index < -0.39 is 0 Å². The predicted octanol–water partition coefficient (Wildman–Crippen LogP) is 4.29. The fourth-order valence-corrected chi connectivity index (χ4v) is 3.93. The summed E-state index contributed by atoms with van der Waals surface area (Å²) in [5.74, 6) is 0.857. The Labute approximate surface area is 190 Å². The van der Waals surface area contributed by atoms with E-state index in [4.69, 9.17) is 4.74 Å². The van der Waals surface area contributed by atoms with Gasteiger partial charge in [-0.25, -0.2) is 9.97 Å². The number of unbranched alkanes of at least 4 members (excludes halogenated alkanes) is 1. The number of carbonyl (C=O) groups is 1. The van der Waals surface area contributed by atoms with Gasteiger partial charge in [0.2, 0.25) is 5.91 Å². The maximum atomic E-state index is 12.4. The van der Waals surface area contributed by atoms with Crippen molar-refractivity contribution in [2.24, 2.45) is 0 Å². The van der Waals surface area contributed by atoms with E-state index in [1.165, 1.54) is 36.5 Å². The second-order valence-electron chi connectivity index (χ2n) is 7.19. The van der Waals surface area contributed by atoms with Crippen LogP contribution in [0.25, 0.3) is 16.9 Å². The van der Waals surface area contributed by atoms with E-state index in [9.17, 15) is 4.79 Å². The molecule has 0 saturated carbocycles. The van der Waals surface area contributed by atoms with Crippen molar-refractivity contribution in [3.8, 4) is 11.4 Å². The largest absolute Gasteiger partial charge is 0.497 e. The van der Waals surface area contributed by atoms with Crippen LogP contribution in [0.5, 0.6) is 5.75 Å². The van der Waals surface area contributed by atoms with Crippen LogP contribution in [0.4, 0.5) is 5.69 Å². The van der Waals surface area contributed by atoms with Gasteiger partial charge in [-0.05, 0) is 54.8 Å². The molecular formula is C23H24N6O2S. The summed E-state index contributed by atoms with van der Waals surface area (Å²) >= 11 is 1.31. The lowest BCUT2D eigenvalue weighted by molar-refractivity contribution is -0.113. The fourth-order valence-electron chi connectivity index (χ4n) is 3.20. The Bertz CT molecular complexity index is 1190. The van der Waals surface area contributed by atoms with Gasteiger partial charge in [-0.3, -0.25) is 4.79 Å². The third kappa shape index (κ3) is 5.05. The number of aromatic nitrogens is 5. The standard InChI is InChI=1S/C23H24N6O2S/c1-3-4-5-16-6-8-17(9-7-16)26-20(30)14-32-23-21-22(24-15-25-23)29(28-27-21)18-10-12-19(31-2)13-11-18/h6-13,15H,3-5,14H2,1-2H3,(H,26,30). The third-order valence-corrected chi connectivity index (χ3v) is 5.90. The molecule has 164 valence electrons. The number of fused-ring (bicyclic) bond motifs is 1. The Morgan fingerprint density at radius 3 is 2.59 bits per heavy atom. The highest BCUT2D eigenvalue weighted by Crippen LogP contribution is 2.25. The molecule has 2 aromatic heterocycles. The molecule has 0 fully saturated rings. The number of anilines is 1. The minimum atomic E-state index is -0.106. The van der Waals surface area contributed by atoms with Crippen molar-refractivity contribution >= 4 is 34.5 Å². The van der Waals surface area contributed by atoms with Gasteiger partial charge < -0.3 is 10.1 Å². The lowest BCUT2D eigenvalue weighted by Gasteiger charge is -2.07. The maximum absolute atomic E-state index is 12.4. The topological polar surface area (TPSA) is 94.8 Å². The van der Waals surface area contributed by atoms with E-state index in [1.54, 1.807) is 11.8 Å². The number of thioether (sulfide) groups is 1. The number of aryl methyl sites for hydroxylation is 1. The average Bonchev–Trinajstić information content (AvgIpc) is 3.27. The lowest BCUT2D eigenvalue weighted by Crippen LogP contribution is -2.14. The maximum Gasteiger partial charge on any atom is 0.234 e. The zero-order valence-corrected chi connectivity index (χ0v) is 18.8. The molecule has 0 aliphatic rings. The number of nitrogens with one attached hydrogen (secondary N) is 1. The second kappa shape index (κ2) is 10.2. The molecule has 4 rings (SSSR count). The van der Waals surface area contributed by atoms with Gasteiger partial charge in [0.15, 0.2) is 11.2 Å². The summed E-state index contributed by atoms with van der Waals surface area (Å²) < 4.78 is 6.84. The van der Waals surface area contributed by atoms with Gasteiger partial charge in [-0.15, -0.1) is 5.10 Å². The molecule has 9 heteroatoms. The molecular weight excluding hydrogens is 424 g/mol. The lowest BCUT2D eigenvalue weighted by atomic mass is 10.1. The van der Waals surface area contributed by atoms with E-state index in [0.717, 1.165) is 23.5 Å². The van der Waals surface area contributed by atoms with E-state index in [0.29, 0.717) is 16.2 Å². The van der Waals surface area contributed by atoms with Crippen molar-refractivity contribution in [1.82, 2.24) is 25.0 Å². The molecule has 0 saturated heterocycles. The van der Waals surface area contributed by atoms with Crippen molar-refractivity contribution in [1.29, 1.82) is 0 Å². The molecule has 0 bridgehead atoms. The van der Waals surface area contributed by atoms with Crippen molar-refractivity contribution in [3.63, 3.8) is 0 Å². The van der Waals surface area contributed by atoms with Gasteiger partial charge in [0, 0.05) is 5.69 Å². The predicted molar refractivity (Wildman–Crippen MR) is 125 cm³/mol. The Morgan fingerprint density at radius 1 is 1.09 bits per heavy atom. The first-order valence-corrected chi connectivity index (χ1v) is 11.4. The summed E-state index contributed by atoms with van der Waals surface area (Å²) in [6.45, 7) is 2.18. The van der Waals surface area contributed by atoms with E-state index >= 15 is 0 Å². The molecule has 0 atom stereocenters.